The molecule has 0 fully saturated rings. The molecule has 1 aromatic carbocycles. The number of benzene rings is 1. The Labute approximate surface area is 99.6 Å². The van der Waals surface area contributed by atoms with Crippen LogP contribution < -0.4 is 4.74 Å². The maximum atomic E-state index is 12.3. The lowest BCUT2D eigenvalue weighted by Crippen LogP contribution is -2.27. The predicted octanol–water partition coefficient (Wildman–Crippen LogP) is 2.66. The van der Waals surface area contributed by atoms with Crippen molar-refractivity contribution in [2.24, 2.45) is 0 Å². The van der Waals surface area contributed by atoms with E-state index in [-0.39, 0.29) is 18.3 Å². The highest BCUT2D eigenvalue weighted by atomic mass is 19.3. The van der Waals surface area contributed by atoms with Crippen molar-refractivity contribution in [1.29, 1.82) is 0 Å². The lowest BCUT2D eigenvalue weighted by Gasteiger charge is -2.25. The second-order valence-corrected chi connectivity index (χ2v) is 3.93. The Bertz CT molecular complexity index is 372. The zero-order valence-corrected chi connectivity index (χ0v) is 10.2. The number of hydrogen-bond donors (Lipinski definition) is 1. The molecule has 0 saturated carbocycles. The maximum Gasteiger partial charge on any atom is 0.251 e. The van der Waals surface area contributed by atoms with Gasteiger partial charge >= 0.3 is 0 Å². The van der Waals surface area contributed by atoms with Crippen molar-refractivity contribution in [3.8, 4) is 11.5 Å². The second kappa shape index (κ2) is 5.82. The normalized spacial score (nSPS) is 13.1. The molecule has 3 nitrogen and oxygen atoms in total. The number of methoxy groups -OCH3 is 1. The Morgan fingerprint density at radius 3 is 2.53 bits per heavy atom. The third-order valence-corrected chi connectivity index (χ3v) is 2.77. The summed E-state index contributed by atoms with van der Waals surface area (Å²) in [5.41, 5.74) is 0.606. The lowest BCUT2D eigenvalue weighted by molar-refractivity contribution is 0.0837. The van der Waals surface area contributed by atoms with E-state index in [2.05, 4.69) is 0 Å². The van der Waals surface area contributed by atoms with E-state index in [0.29, 0.717) is 11.3 Å². The molecule has 0 aromatic heterocycles. The van der Waals surface area contributed by atoms with Crippen LogP contribution in [0.15, 0.2) is 18.2 Å². The molecule has 0 spiro atoms. The van der Waals surface area contributed by atoms with Crippen molar-refractivity contribution in [2.75, 3.05) is 20.7 Å². The Morgan fingerprint density at radius 2 is 2.06 bits per heavy atom. The van der Waals surface area contributed by atoms with Crippen molar-refractivity contribution in [3.63, 3.8) is 0 Å². The number of phenols is 1. The summed E-state index contributed by atoms with van der Waals surface area (Å²) in [5.74, 6) is 0.591. The second-order valence-electron chi connectivity index (χ2n) is 3.93. The van der Waals surface area contributed by atoms with Gasteiger partial charge in [0.25, 0.3) is 6.43 Å². The molecule has 1 unspecified atom stereocenters. The van der Waals surface area contributed by atoms with Gasteiger partial charge in [0, 0.05) is 17.7 Å². The van der Waals surface area contributed by atoms with E-state index >= 15 is 0 Å². The molecule has 0 aliphatic rings. The lowest BCUT2D eigenvalue weighted by atomic mass is 10.1. The molecule has 96 valence electrons. The van der Waals surface area contributed by atoms with Crippen LogP contribution in [0.1, 0.15) is 18.5 Å². The standard InChI is InChI=1S/C12H17F2NO2/c1-8(15(2)7-12(13)14)10-5-4-9(17-3)6-11(10)16/h4-6,8,12,16H,7H2,1-3H3. The van der Waals surface area contributed by atoms with Gasteiger partial charge in [-0.25, -0.2) is 8.78 Å². The van der Waals surface area contributed by atoms with Crippen LogP contribution in [0.2, 0.25) is 0 Å². The molecule has 1 rings (SSSR count). The third kappa shape index (κ3) is 3.56. The smallest absolute Gasteiger partial charge is 0.251 e. The Hall–Kier alpha value is -1.36. The van der Waals surface area contributed by atoms with E-state index in [1.165, 1.54) is 18.1 Å². The fraction of sp³-hybridized carbons (Fsp3) is 0.500. The van der Waals surface area contributed by atoms with Gasteiger partial charge in [-0.05, 0) is 20.0 Å². The largest absolute Gasteiger partial charge is 0.507 e. The first-order chi connectivity index (χ1) is 7.95. The van der Waals surface area contributed by atoms with Crippen LogP contribution in [-0.4, -0.2) is 37.1 Å². The van der Waals surface area contributed by atoms with Gasteiger partial charge in [0.2, 0.25) is 0 Å². The van der Waals surface area contributed by atoms with E-state index < -0.39 is 6.43 Å². The average molecular weight is 245 g/mol. The maximum absolute atomic E-state index is 12.3. The molecule has 0 aliphatic carbocycles. The van der Waals surface area contributed by atoms with Crippen molar-refractivity contribution < 1.29 is 18.6 Å². The Morgan fingerprint density at radius 1 is 1.41 bits per heavy atom. The zero-order valence-electron chi connectivity index (χ0n) is 10.2. The topological polar surface area (TPSA) is 32.7 Å². The van der Waals surface area contributed by atoms with E-state index in [1.54, 1.807) is 26.1 Å². The summed E-state index contributed by atoms with van der Waals surface area (Å²) >= 11 is 0. The number of aromatic hydroxyl groups is 1. The number of rotatable bonds is 5. The fourth-order valence-electron chi connectivity index (χ4n) is 1.62. The first kappa shape index (κ1) is 13.7. The summed E-state index contributed by atoms with van der Waals surface area (Å²) in [5, 5.41) is 9.78. The summed E-state index contributed by atoms with van der Waals surface area (Å²) in [7, 11) is 3.10. The Balaban J connectivity index is 2.84. The van der Waals surface area contributed by atoms with Crippen LogP contribution in [0, 0.1) is 0 Å². The molecular formula is C12H17F2NO2. The summed E-state index contributed by atoms with van der Waals surface area (Å²) in [6.07, 6.45) is -2.39. The van der Waals surface area contributed by atoms with Gasteiger partial charge in [-0.1, -0.05) is 6.07 Å². The molecule has 0 saturated heterocycles. The zero-order chi connectivity index (χ0) is 13.0. The molecule has 1 N–H and O–H groups in total. The molecule has 1 atom stereocenters. The summed E-state index contributed by atoms with van der Waals surface area (Å²) in [6, 6.07) is 4.57. The number of halogens is 2. The number of ether oxygens (including phenoxy) is 1. The van der Waals surface area contributed by atoms with Gasteiger partial charge in [0.15, 0.2) is 0 Å². The van der Waals surface area contributed by atoms with E-state index in [0.717, 1.165) is 0 Å². The molecule has 0 aliphatic heterocycles. The highest BCUT2D eigenvalue weighted by Gasteiger charge is 2.18. The number of alkyl halides is 2. The first-order valence-electron chi connectivity index (χ1n) is 5.31. The van der Waals surface area contributed by atoms with Crippen LogP contribution in [0.5, 0.6) is 11.5 Å². The van der Waals surface area contributed by atoms with Gasteiger partial charge in [-0.2, -0.15) is 0 Å². The molecule has 5 heteroatoms. The van der Waals surface area contributed by atoms with Gasteiger partial charge in [0.1, 0.15) is 11.5 Å². The highest BCUT2D eigenvalue weighted by Crippen LogP contribution is 2.31. The van der Waals surface area contributed by atoms with Crippen molar-refractivity contribution in [2.45, 2.75) is 19.4 Å². The molecule has 0 radical (unpaired) electrons. The minimum atomic E-state index is -2.39. The molecule has 0 amide bonds. The summed E-state index contributed by atoms with van der Waals surface area (Å²) in [6.45, 7) is 1.44. The van der Waals surface area contributed by atoms with Crippen molar-refractivity contribution >= 4 is 0 Å². The van der Waals surface area contributed by atoms with Gasteiger partial charge in [0.05, 0.1) is 13.7 Å². The Kier molecular flexibility index (Phi) is 4.69. The van der Waals surface area contributed by atoms with Crippen LogP contribution >= 0.6 is 0 Å². The van der Waals surface area contributed by atoms with E-state index in [9.17, 15) is 13.9 Å². The SMILES string of the molecule is COc1ccc(C(C)N(C)CC(F)F)c(O)c1. The molecule has 0 bridgehead atoms. The number of nitrogens with zero attached hydrogens (tertiary/aromatic N) is 1. The highest BCUT2D eigenvalue weighted by molar-refractivity contribution is 5.41. The summed E-state index contributed by atoms with van der Waals surface area (Å²) < 4.78 is 29.5. The fourth-order valence-corrected chi connectivity index (χ4v) is 1.62. The van der Waals surface area contributed by atoms with E-state index in [1.807, 2.05) is 0 Å². The third-order valence-electron chi connectivity index (χ3n) is 2.77. The van der Waals surface area contributed by atoms with Crippen LogP contribution in [0.3, 0.4) is 0 Å². The average Bonchev–Trinajstić information content (AvgIpc) is 2.27. The minimum absolute atomic E-state index is 0.0537. The van der Waals surface area contributed by atoms with Gasteiger partial charge in [-0.3, -0.25) is 4.90 Å². The monoisotopic (exact) mass is 245 g/mol. The molecule has 0 heterocycles. The van der Waals surface area contributed by atoms with Gasteiger partial charge < -0.3 is 9.84 Å². The van der Waals surface area contributed by atoms with Crippen molar-refractivity contribution in [3.05, 3.63) is 23.8 Å². The number of hydrogen-bond acceptors (Lipinski definition) is 3. The molecule has 1 aromatic rings. The quantitative estimate of drug-likeness (QED) is 0.865. The van der Waals surface area contributed by atoms with Crippen LogP contribution in [0.25, 0.3) is 0 Å². The van der Waals surface area contributed by atoms with E-state index in [4.69, 9.17) is 4.74 Å². The predicted molar refractivity (Wildman–Crippen MR) is 61.7 cm³/mol. The summed E-state index contributed by atoms with van der Waals surface area (Å²) in [4.78, 5) is 1.49. The number of phenolic OH excluding ortho intramolecular Hbond substituents is 1. The van der Waals surface area contributed by atoms with Crippen LogP contribution in [-0.2, 0) is 0 Å². The van der Waals surface area contributed by atoms with Crippen LogP contribution in [0.4, 0.5) is 8.78 Å². The molecular weight excluding hydrogens is 228 g/mol. The molecule has 17 heavy (non-hydrogen) atoms. The first-order valence-corrected chi connectivity index (χ1v) is 5.31. The minimum Gasteiger partial charge on any atom is -0.507 e. The van der Waals surface area contributed by atoms with Crippen molar-refractivity contribution in [1.82, 2.24) is 4.90 Å². The van der Waals surface area contributed by atoms with Gasteiger partial charge in [-0.15, -0.1) is 0 Å².